The number of ether oxygens (including phenoxy) is 1. The quantitative estimate of drug-likeness (QED) is 0.444. The van der Waals surface area contributed by atoms with E-state index in [-0.39, 0.29) is 12.4 Å². The number of halogens is 1. The molecule has 0 radical (unpaired) electrons. The molecule has 1 aromatic carbocycles. The number of rotatable bonds is 4. The van der Waals surface area contributed by atoms with Crippen LogP contribution in [0.1, 0.15) is 12.5 Å². The first-order chi connectivity index (χ1) is 7.63. The molecule has 0 bridgehead atoms. The Balaban J connectivity index is 2.63. The summed E-state index contributed by atoms with van der Waals surface area (Å²) in [7, 11) is 0. The summed E-state index contributed by atoms with van der Waals surface area (Å²) < 4.78 is 17.1. The number of hydrogen-bond acceptors (Lipinski definition) is 3. The Bertz CT molecular complexity index is 407. The van der Waals surface area contributed by atoms with Crippen LogP contribution in [0.3, 0.4) is 0 Å². The second-order valence-corrected chi connectivity index (χ2v) is 2.97. The van der Waals surface area contributed by atoms with E-state index in [2.05, 4.69) is 4.74 Å². The van der Waals surface area contributed by atoms with E-state index in [1.54, 1.807) is 6.92 Å². The van der Waals surface area contributed by atoms with Crippen molar-refractivity contribution in [2.75, 3.05) is 6.61 Å². The molecule has 1 rings (SSSR count). The molecule has 0 saturated carbocycles. The molecule has 16 heavy (non-hydrogen) atoms. The van der Waals surface area contributed by atoms with E-state index in [0.29, 0.717) is 5.56 Å². The third-order valence-electron chi connectivity index (χ3n) is 1.77. The number of benzene rings is 1. The van der Waals surface area contributed by atoms with Crippen molar-refractivity contribution in [2.24, 2.45) is 0 Å². The summed E-state index contributed by atoms with van der Waals surface area (Å²) in [4.78, 5) is 22.1. The molecule has 0 aromatic heterocycles. The molecule has 0 N–H and O–H groups in total. The summed E-state index contributed by atoms with van der Waals surface area (Å²) in [5.41, 5.74) is 0.638. The van der Waals surface area contributed by atoms with Gasteiger partial charge in [0.05, 0.1) is 6.61 Å². The van der Waals surface area contributed by atoms with Gasteiger partial charge in [0.2, 0.25) is 0 Å². The van der Waals surface area contributed by atoms with Crippen molar-refractivity contribution < 1.29 is 18.7 Å². The smallest absolute Gasteiger partial charge is 0.379 e. The highest BCUT2D eigenvalue weighted by Gasteiger charge is 2.09. The predicted octanol–water partition coefficient (Wildman–Crippen LogP) is 1.97. The van der Waals surface area contributed by atoms with E-state index in [1.807, 2.05) is 0 Å². The normalized spacial score (nSPS) is 10.4. The third kappa shape index (κ3) is 3.65. The summed E-state index contributed by atoms with van der Waals surface area (Å²) in [6.45, 7) is 1.78. The van der Waals surface area contributed by atoms with Crippen LogP contribution in [0.2, 0.25) is 0 Å². The van der Waals surface area contributed by atoms with Crippen molar-refractivity contribution in [1.82, 2.24) is 0 Å². The average molecular weight is 222 g/mol. The highest BCUT2D eigenvalue weighted by molar-refractivity contribution is 6.39. The van der Waals surface area contributed by atoms with Crippen LogP contribution < -0.4 is 0 Å². The maximum atomic E-state index is 12.5. The Morgan fingerprint density at radius 1 is 1.31 bits per heavy atom. The second kappa shape index (κ2) is 5.80. The van der Waals surface area contributed by atoms with Gasteiger partial charge in [-0.05, 0) is 30.7 Å². The Hall–Kier alpha value is -1.97. The lowest BCUT2D eigenvalue weighted by atomic mass is 10.2. The van der Waals surface area contributed by atoms with Crippen LogP contribution in [0, 0.1) is 5.82 Å². The fraction of sp³-hybridized carbons (Fsp3) is 0.167. The van der Waals surface area contributed by atoms with Gasteiger partial charge >= 0.3 is 5.97 Å². The van der Waals surface area contributed by atoms with Gasteiger partial charge < -0.3 is 4.74 Å². The van der Waals surface area contributed by atoms with Crippen molar-refractivity contribution in [2.45, 2.75) is 6.92 Å². The SMILES string of the molecule is CCOC(=O)C(=O)/C=C/c1ccc(F)cc1. The summed E-state index contributed by atoms with van der Waals surface area (Å²) in [6, 6.07) is 5.55. The van der Waals surface area contributed by atoms with Crippen molar-refractivity contribution >= 4 is 17.8 Å². The fourth-order valence-corrected chi connectivity index (χ4v) is 1.02. The monoisotopic (exact) mass is 222 g/mol. The number of esters is 1. The third-order valence-corrected chi connectivity index (χ3v) is 1.77. The van der Waals surface area contributed by atoms with Crippen molar-refractivity contribution in [3.8, 4) is 0 Å². The molecule has 4 heteroatoms. The Kier molecular flexibility index (Phi) is 4.39. The van der Waals surface area contributed by atoms with Gasteiger partial charge in [0.1, 0.15) is 5.82 Å². The number of carbonyl (C=O) groups excluding carboxylic acids is 2. The molecule has 0 aliphatic heterocycles. The molecule has 0 aliphatic carbocycles. The molecule has 0 heterocycles. The second-order valence-electron chi connectivity index (χ2n) is 2.97. The first kappa shape index (κ1) is 12.1. The molecule has 0 amide bonds. The van der Waals surface area contributed by atoms with Crippen molar-refractivity contribution in [1.29, 1.82) is 0 Å². The van der Waals surface area contributed by atoms with E-state index in [0.717, 1.165) is 6.08 Å². The van der Waals surface area contributed by atoms with Crippen LogP contribution in [0.4, 0.5) is 4.39 Å². The zero-order chi connectivity index (χ0) is 12.0. The summed E-state index contributed by atoms with van der Waals surface area (Å²) in [5, 5.41) is 0. The lowest BCUT2D eigenvalue weighted by Crippen LogP contribution is -2.14. The molecule has 0 atom stereocenters. The molecular weight excluding hydrogens is 211 g/mol. The standard InChI is InChI=1S/C12H11FO3/c1-2-16-12(15)11(14)8-5-9-3-6-10(13)7-4-9/h3-8H,2H2,1H3/b8-5+. The largest absolute Gasteiger partial charge is 0.460 e. The Morgan fingerprint density at radius 2 is 1.94 bits per heavy atom. The van der Waals surface area contributed by atoms with E-state index in [9.17, 15) is 14.0 Å². The fourth-order valence-electron chi connectivity index (χ4n) is 1.02. The number of ketones is 1. The van der Waals surface area contributed by atoms with Gasteiger partial charge in [-0.25, -0.2) is 9.18 Å². The van der Waals surface area contributed by atoms with Crippen LogP contribution >= 0.6 is 0 Å². The number of carbonyl (C=O) groups is 2. The minimum absolute atomic E-state index is 0.162. The molecule has 1 aromatic rings. The number of hydrogen-bond donors (Lipinski definition) is 0. The van der Waals surface area contributed by atoms with Gasteiger partial charge in [-0.2, -0.15) is 0 Å². The molecule has 0 unspecified atom stereocenters. The minimum Gasteiger partial charge on any atom is -0.460 e. The summed E-state index contributed by atoms with van der Waals surface area (Å²) in [5.74, 6) is -1.97. The van der Waals surface area contributed by atoms with Gasteiger partial charge in [-0.15, -0.1) is 0 Å². The van der Waals surface area contributed by atoms with E-state index >= 15 is 0 Å². The summed E-state index contributed by atoms with van der Waals surface area (Å²) >= 11 is 0. The lowest BCUT2D eigenvalue weighted by Gasteiger charge is -1.96. The molecule has 0 aliphatic rings. The van der Waals surface area contributed by atoms with Crippen LogP contribution in [-0.4, -0.2) is 18.4 Å². The molecule has 0 spiro atoms. The Morgan fingerprint density at radius 3 is 2.50 bits per heavy atom. The maximum Gasteiger partial charge on any atom is 0.379 e. The molecule has 84 valence electrons. The Labute approximate surface area is 92.5 Å². The molecular formula is C12H11FO3. The summed E-state index contributed by atoms with van der Waals surface area (Å²) in [6.07, 6.45) is 2.53. The van der Waals surface area contributed by atoms with Gasteiger partial charge in [0.15, 0.2) is 0 Å². The zero-order valence-corrected chi connectivity index (χ0v) is 8.77. The van der Waals surface area contributed by atoms with E-state index < -0.39 is 11.8 Å². The van der Waals surface area contributed by atoms with Crippen LogP contribution in [0.25, 0.3) is 6.08 Å². The van der Waals surface area contributed by atoms with Crippen molar-refractivity contribution in [3.63, 3.8) is 0 Å². The van der Waals surface area contributed by atoms with Crippen LogP contribution in [0.5, 0.6) is 0 Å². The minimum atomic E-state index is -0.888. The van der Waals surface area contributed by atoms with Gasteiger partial charge in [0, 0.05) is 0 Å². The maximum absolute atomic E-state index is 12.5. The highest BCUT2D eigenvalue weighted by Crippen LogP contribution is 2.04. The zero-order valence-electron chi connectivity index (χ0n) is 8.77. The van der Waals surface area contributed by atoms with Crippen LogP contribution in [0.15, 0.2) is 30.3 Å². The van der Waals surface area contributed by atoms with Crippen LogP contribution in [-0.2, 0) is 14.3 Å². The lowest BCUT2D eigenvalue weighted by molar-refractivity contribution is -0.151. The van der Waals surface area contributed by atoms with Gasteiger partial charge in [0.25, 0.3) is 5.78 Å². The van der Waals surface area contributed by atoms with Gasteiger partial charge in [-0.3, -0.25) is 4.79 Å². The molecule has 3 nitrogen and oxygen atoms in total. The molecule has 0 saturated heterocycles. The molecule has 0 fully saturated rings. The first-order valence-electron chi connectivity index (χ1n) is 4.78. The average Bonchev–Trinajstić information content (AvgIpc) is 2.28. The van der Waals surface area contributed by atoms with Crippen molar-refractivity contribution in [3.05, 3.63) is 41.7 Å². The van der Waals surface area contributed by atoms with E-state index in [4.69, 9.17) is 0 Å². The predicted molar refractivity (Wildman–Crippen MR) is 57.1 cm³/mol. The first-order valence-corrected chi connectivity index (χ1v) is 4.78. The van der Waals surface area contributed by atoms with Gasteiger partial charge in [-0.1, -0.05) is 18.2 Å². The topological polar surface area (TPSA) is 43.4 Å². The van der Waals surface area contributed by atoms with E-state index in [1.165, 1.54) is 30.3 Å². The highest BCUT2D eigenvalue weighted by atomic mass is 19.1.